The Hall–Kier alpha value is -2.69. The average Bonchev–Trinajstić information content (AvgIpc) is 3.20. The number of aliphatic hydroxyl groups excluding tert-OH is 1. The number of nitrogens with one attached hydrogen (secondary N) is 2. The van der Waals surface area contributed by atoms with Gasteiger partial charge in [-0.25, -0.2) is 0 Å². The van der Waals surface area contributed by atoms with Crippen LogP contribution in [0.2, 0.25) is 0 Å². The smallest absolute Gasteiger partial charge is 0.390 e. The molecule has 1 amide bonds. The van der Waals surface area contributed by atoms with E-state index < -0.39 is 18.8 Å². The molecule has 1 saturated heterocycles. The number of nitrogens with zero attached hydrogens (tertiary/aromatic N) is 3. The Morgan fingerprint density at radius 1 is 1.12 bits per heavy atom. The van der Waals surface area contributed by atoms with Crippen LogP contribution in [-0.4, -0.2) is 76.8 Å². The molecule has 2 aliphatic rings. The lowest BCUT2D eigenvalue weighted by atomic mass is 10.0. The number of halogens is 3. The standard InChI is InChI=1S/C24H30F3N5O2/c25-24(26,27)16-31-7-5-20(6-8-31)30-21-9-19(10-28-11-21)23(34)29-12-22(33)15-32-13-17-3-1-2-4-18(17)14-32/h1-4,9-11,20,22,30,33H,5-8,12-16H2,(H,29,34)/t22-/m0/s1. The molecule has 1 atom stereocenters. The van der Waals surface area contributed by atoms with Gasteiger partial charge < -0.3 is 15.7 Å². The molecule has 7 nitrogen and oxygen atoms in total. The molecular formula is C24H30F3N5O2. The van der Waals surface area contributed by atoms with Gasteiger partial charge in [0.2, 0.25) is 0 Å². The van der Waals surface area contributed by atoms with E-state index in [-0.39, 0.29) is 18.5 Å². The summed E-state index contributed by atoms with van der Waals surface area (Å²) in [5, 5.41) is 16.4. The molecule has 1 fully saturated rings. The molecule has 0 saturated carbocycles. The van der Waals surface area contributed by atoms with Crippen molar-refractivity contribution in [1.29, 1.82) is 0 Å². The fourth-order valence-corrected chi connectivity index (χ4v) is 4.58. The van der Waals surface area contributed by atoms with E-state index in [1.807, 2.05) is 12.1 Å². The lowest BCUT2D eigenvalue weighted by Gasteiger charge is -2.33. The van der Waals surface area contributed by atoms with E-state index in [2.05, 4.69) is 32.7 Å². The second kappa shape index (κ2) is 10.7. The number of β-amino-alcohol motifs (C(OH)–C–C–N with tert-alkyl or cyclic N) is 1. The maximum absolute atomic E-state index is 12.6. The minimum absolute atomic E-state index is 0.0241. The molecule has 2 aromatic rings. The monoisotopic (exact) mass is 477 g/mol. The number of benzene rings is 1. The van der Waals surface area contributed by atoms with Crippen LogP contribution in [0.15, 0.2) is 42.7 Å². The first kappa shape index (κ1) is 24.4. The molecule has 2 aliphatic heterocycles. The van der Waals surface area contributed by atoms with Gasteiger partial charge in [-0.05, 0) is 30.0 Å². The lowest BCUT2D eigenvalue weighted by molar-refractivity contribution is -0.147. The summed E-state index contributed by atoms with van der Waals surface area (Å²) in [6, 6.07) is 9.89. The van der Waals surface area contributed by atoms with Gasteiger partial charge in [-0.3, -0.25) is 19.6 Å². The summed E-state index contributed by atoms with van der Waals surface area (Å²) in [4.78, 5) is 20.2. The minimum Gasteiger partial charge on any atom is -0.390 e. The molecule has 184 valence electrons. The number of carbonyl (C=O) groups is 1. The summed E-state index contributed by atoms with van der Waals surface area (Å²) >= 11 is 0. The van der Waals surface area contributed by atoms with E-state index >= 15 is 0 Å². The van der Waals surface area contributed by atoms with E-state index in [9.17, 15) is 23.1 Å². The maximum atomic E-state index is 12.6. The zero-order valence-corrected chi connectivity index (χ0v) is 18.9. The van der Waals surface area contributed by atoms with E-state index in [1.54, 1.807) is 12.3 Å². The normalized spacial score (nSPS) is 18.5. The van der Waals surface area contributed by atoms with Crippen molar-refractivity contribution in [3.63, 3.8) is 0 Å². The number of aliphatic hydroxyl groups is 1. The van der Waals surface area contributed by atoms with Crippen molar-refractivity contribution in [2.45, 2.75) is 44.3 Å². The van der Waals surface area contributed by atoms with E-state index in [4.69, 9.17) is 0 Å². The highest BCUT2D eigenvalue weighted by Gasteiger charge is 2.32. The Labute approximate surface area is 197 Å². The number of aromatic nitrogens is 1. The summed E-state index contributed by atoms with van der Waals surface area (Å²) < 4.78 is 37.7. The van der Waals surface area contributed by atoms with Gasteiger partial charge in [0.15, 0.2) is 0 Å². The number of alkyl halides is 3. The number of hydrogen-bond donors (Lipinski definition) is 3. The number of anilines is 1. The number of likely N-dealkylation sites (tertiary alicyclic amines) is 1. The number of pyridine rings is 1. The van der Waals surface area contributed by atoms with Crippen LogP contribution in [0.5, 0.6) is 0 Å². The van der Waals surface area contributed by atoms with Crippen molar-refractivity contribution in [3.8, 4) is 0 Å². The van der Waals surface area contributed by atoms with Gasteiger partial charge >= 0.3 is 6.18 Å². The van der Waals surface area contributed by atoms with Crippen molar-refractivity contribution in [1.82, 2.24) is 20.1 Å². The van der Waals surface area contributed by atoms with E-state index in [0.29, 0.717) is 43.7 Å². The number of amides is 1. The number of piperidine rings is 1. The second-order valence-electron chi connectivity index (χ2n) is 9.07. The van der Waals surface area contributed by atoms with Crippen LogP contribution >= 0.6 is 0 Å². The van der Waals surface area contributed by atoms with Crippen LogP contribution in [0, 0.1) is 0 Å². The Bertz CT molecular complexity index is 954. The summed E-state index contributed by atoms with van der Waals surface area (Å²) in [6.45, 7) is 2.01. The van der Waals surface area contributed by atoms with Gasteiger partial charge in [0.1, 0.15) is 0 Å². The van der Waals surface area contributed by atoms with Crippen molar-refractivity contribution in [3.05, 3.63) is 59.4 Å². The summed E-state index contributed by atoms with van der Waals surface area (Å²) in [5.41, 5.74) is 3.54. The topological polar surface area (TPSA) is 80.7 Å². The highest BCUT2D eigenvalue weighted by Crippen LogP contribution is 2.23. The number of carbonyl (C=O) groups excluding carboxylic acids is 1. The molecule has 0 aliphatic carbocycles. The molecule has 4 rings (SSSR count). The van der Waals surface area contributed by atoms with Gasteiger partial charge in [-0.15, -0.1) is 0 Å². The third-order valence-electron chi connectivity index (χ3n) is 6.24. The molecule has 3 heterocycles. The van der Waals surface area contributed by atoms with Gasteiger partial charge in [0, 0.05) is 57.7 Å². The Morgan fingerprint density at radius 3 is 2.44 bits per heavy atom. The first-order chi connectivity index (χ1) is 16.2. The summed E-state index contributed by atoms with van der Waals surface area (Å²) in [6.07, 6.45) is -0.666. The van der Waals surface area contributed by atoms with Crippen molar-refractivity contribution in [2.24, 2.45) is 0 Å². The van der Waals surface area contributed by atoms with E-state index in [0.717, 1.165) is 13.1 Å². The van der Waals surface area contributed by atoms with Crippen molar-refractivity contribution in [2.75, 3.05) is 38.0 Å². The molecule has 0 unspecified atom stereocenters. The number of hydrogen-bond acceptors (Lipinski definition) is 6. The minimum atomic E-state index is -4.18. The Balaban J connectivity index is 1.21. The first-order valence-corrected chi connectivity index (χ1v) is 11.5. The van der Waals surface area contributed by atoms with Crippen LogP contribution in [0.25, 0.3) is 0 Å². The fourth-order valence-electron chi connectivity index (χ4n) is 4.58. The molecule has 0 spiro atoms. The van der Waals surface area contributed by atoms with Gasteiger partial charge in [-0.2, -0.15) is 13.2 Å². The largest absolute Gasteiger partial charge is 0.401 e. The maximum Gasteiger partial charge on any atom is 0.401 e. The molecule has 0 radical (unpaired) electrons. The second-order valence-corrected chi connectivity index (χ2v) is 9.07. The third-order valence-corrected chi connectivity index (χ3v) is 6.24. The molecule has 10 heteroatoms. The van der Waals surface area contributed by atoms with Crippen molar-refractivity contribution >= 4 is 11.6 Å². The molecule has 34 heavy (non-hydrogen) atoms. The molecule has 1 aromatic heterocycles. The molecule has 3 N–H and O–H groups in total. The molecule has 0 bridgehead atoms. The number of fused-ring (bicyclic) bond motifs is 1. The van der Waals surface area contributed by atoms with Gasteiger partial charge in [-0.1, -0.05) is 24.3 Å². The first-order valence-electron chi connectivity index (χ1n) is 11.5. The van der Waals surface area contributed by atoms with Crippen LogP contribution in [0.1, 0.15) is 34.3 Å². The van der Waals surface area contributed by atoms with Crippen LogP contribution < -0.4 is 10.6 Å². The highest BCUT2D eigenvalue weighted by atomic mass is 19.4. The third kappa shape index (κ3) is 6.91. The Kier molecular flexibility index (Phi) is 7.70. The van der Waals surface area contributed by atoms with Crippen LogP contribution in [-0.2, 0) is 13.1 Å². The molecule has 1 aromatic carbocycles. The van der Waals surface area contributed by atoms with E-state index in [1.165, 1.54) is 22.2 Å². The Morgan fingerprint density at radius 2 is 1.79 bits per heavy atom. The predicted molar refractivity (Wildman–Crippen MR) is 122 cm³/mol. The number of rotatable bonds is 8. The zero-order valence-electron chi connectivity index (χ0n) is 18.9. The lowest BCUT2D eigenvalue weighted by Crippen LogP contribution is -2.43. The van der Waals surface area contributed by atoms with Crippen molar-refractivity contribution < 1.29 is 23.1 Å². The average molecular weight is 478 g/mol. The molecular weight excluding hydrogens is 447 g/mol. The summed E-state index contributed by atoms with van der Waals surface area (Å²) in [5.74, 6) is -0.333. The van der Waals surface area contributed by atoms with Gasteiger partial charge in [0.05, 0.1) is 23.9 Å². The fraction of sp³-hybridized carbons (Fsp3) is 0.500. The van der Waals surface area contributed by atoms with Crippen LogP contribution in [0.3, 0.4) is 0 Å². The van der Waals surface area contributed by atoms with Gasteiger partial charge in [0.25, 0.3) is 5.91 Å². The highest BCUT2D eigenvalue weighted by molar-refractivity contribution is 5.94. The quantitative estimate of drug-likeness (QED) is 0.543. The SMILES string of the molecule is O=C(NC[C@H](O)CN1Cc2ccccc2C1)c1cncc(NC2CCN(CC(F)(F)F)CC2)c1. The summed E-state index contributed by atoms with van der Waals surface area (Å²) in [7, 11) is 0. The predicted octanol–water partition coefficient (Wildman–Crippen LogP) is 2.63. The van der Waals surface area contributed by atoms with Crippen LogP contribution in [0.4, 0.5) is 18.9 Å². The zero-order chi connectivity index (χ0) is 24.1.